The number of H-pyrrole nitrogens is 1. The molecule has 2 rings (SSSR count). The minimum Gasteiger partial charge on any atom is -0.477 e. The summed E-state index contributed by atoms with van der Waals surface area (Å²) < 4.78 is 26.2. The van der Waals surface area contributed by atoms with E-state index >= 15 is 0 Å². The summed E-state index contributed by atoms with van der Waals surface area (Å²) in [5, 5.41) is 8.11. The van der Waals surface area contributed by atoms with Gasteiger partial charge in [-0.25, -0.2) is 13.6 Å². The quantitative estimate of drug-likeness (QED) is 0.771. The molecule has 2 aromatic rings. The Hall–Kier alpha value is -1.95. The molecular weight excluding hydrogens is 256 g/mol. The maximum atomic E-state index is 13.1. The van der Waals surface area contributed by atoms with Gasteiger partial charge in [-0.2, -0.15) is 0 Å². The average Bonchev–Trinajstić information content (AvgIpc) is 2.26. The molecule has 1 aromatic carbocycles. The highest BCUT2D eigenvalue weighted by Crippen LogP contribution is 2.26. The lowest BCUT2D eigenvalue weighted by Gasteiger charge is -2.04. The molecule has 0 spiro atoms. The maximum absolute atomic E-state index is 13.1. The minimum absolute atomic E-state index is 0.00546. The summed E-state index contributed by atoms with van der Waals surface area (Å²) in [6, 6.07) is 1.70. The van der Waals surface area contributed by atoms with Gasteiger partial charge in [0.25, 0.3) is 5.56 Å². The number of fused-ring (bicyclic) bond motifs is 1. The lowest BCUT2D eigenvalue weighted by molar-refractivity contribution is 0.0695. The zero-order valence-electron chi connectivity index (χ0n) is 8.05. The van der Waals surface area contributed by atoms with E-state index in [1.807, 2.05) is 0 Å². The Morgan fingerprint density at radius 1 is 1.35 bits per heavy atom. The van der Waals surface area contributed by atoms with Crippen LogP contribution in [0.1, 0.15) is 10.4 Å². The zero-order valence-corrected chi connectivity index (χ0v) is 8.81. The van der Waals surface area contributed by atoms with Gasteiger partial charge in [-0.15, -0.1) is 0 Å². The number of aromatic amines is 1. The molecule has 0 radical (unpaired) electrons. The van der Waals surface area contributed by atoms with E-state index in [-0.39, 0.29) is 10.9 Å². The third kappa shape index (κ3) is 1.76. The van der Waals surface area contributed by atoms with Crippen LogP contribution in [0.2, 0.25) is 5.02 Å². The summed E-state index contributed by atoms with van der Waals surface area (Å²) in [5.41, 5.74) is -1.64. The SMILES string of the molecule is O=C(O)c1cc2cc(F)c(F)c(Cl)c2[nH]c1=O. The molecule has 0 saturated carbocycles. The van der Waals surface area contributed by atoms with Gasteiger partial charge < -0.3 is 10.1 Å². The molecule has 0 fully saturated rings. The van der Waals surface area contributed by atoms with Gasteiger partial charge in [0.05, 0.1) is 5.52 Å². The maximum Gasteiger partial charge on any atom is 0.341 e. The molecule has 88 valence electrons. The Morgan fingerprint density at radius 2 is 2.00 bits per heavy atom. The predicted octanol–water partition coefficient (Wildman–Crippen LogP) is 2.16. The van der Waals surface area contributed by atoms with E-state index in [1.165, 1.54) is 0 Å². The topological polar surface area (TPSA) is 70.2 Å². The number of pyridine rings is 1. The van der Waals surface area contributed by atoms with Gasteiger partial charge in [-0.3, -0.25) is 4.79 Å². The van der Waals surface area contributed by atoms with Gasteiger partial charge in [0.2, 0.25) is 0 Å². The van der Waals surface area contributed by atoms with Crippen LogP contribution in [0.25, 0.3) is 10.9 Å². The average molecular weight is 260 g/mol. The molecule has 0 amide bonds. The molecule has 0 aliphatic carbocycles. The minimum atomic E-state index is -1.46. The summed E-state index contributed by atoms with van der Waals surface area (Å²) in [6.45, 7) is 0. The van der Waals surface area contributed by atoms with E-state index in [9.17, 15) is 18.4 Å². The Morgan fingerprint density at radius 3 is 2.59 bits per heavy atom. The van der Waals surface area contributed by atoms with Crippen LogP contribution in [0.15, 0.2) is 16.9 Å². The number of carboxylic acid groups (broad SMARTS) is 1. The summed E-state index contributed by atoms with van der Waals surface area (Å²) in [5.74, 6) is -3.97. The van der Waals surface area contributed by atoms with Crippen molar-refractivity contribution in [2.45, 2.75) is 0 Å². The van der Waals surface area contributed by atoms with Crippen LogP contribution >= 0.6 is 11.6 Å². The lowest BCUT2D eigenvalue weighted by atomic mass is 10.1. The molecule has 0 saturated heterocycles. The fourth-order valence-corrected chi connectivity index (χ4v) is 1.66. The number of nitrogens with one attached hydrogen (secondary N) is 1. The van der Waals surface area contributed by atoms with Crippen molar-refractivity contribution >= 4 is 28.5 Å². The highest BCUT2D eigenvalue weighted by molar-refractivity contribution is 6.35. The van der Waals surface area contributed by atoms with Gasteiger partial charge in [-0.1, -0.05) is 11.6 Å². The number of halogens is 3. The van der Waals surface area contributed by atoms with E-state index in [0.717, 1.165) is 12.1 Å². The molecule has 4 nitrogen and oxygen atoms in total. The molecule has 0 aliphatic heterocycles. The first-order valence-corrected chi connectivity index (χ1v) is 4.73. The third-order valence-electron chi connectivity index (χ3n) is 2.21. The van der Waals surface area contributed by atoms with Crippen molar-refractivity contribution in [2.24, 2.45) is 0 Å². The summed E-state index contributed by atoms with van der Waals surface area (Å²) >= 11 is 5.50. The van der Waals surface area contributed by atoms with E-state index in [1.54, 1.807) is 0 Å². The number of aromatic nitrogens is 1. The number of carboxylic acids is 1. The normalized spacial score (nSPS) is 10.8. The fourth-order valence-electron chi connectivity index (χ4n) is 1.42. The van der Waals surface area contributed by atoms with Gasteiger partial charge in [0.15, 0.2) is 11.6 Å². The molecule has 1 heterocycles. The van der Waals surface area contributed by atoms with Crippen LogP contribution in [-0.4, -0.2) is 16.1 Å². The number of rotatable bonds is 1. The van der Waals surface area contributed by atoms with Crippen molar-refractivity contribution in [3.63, 3.8) is 0 Å². The number of hydrogen-bond acceptors (Lipinski definition) is 2. The van der Waals surface area contributed by atoms with Crippen molar-refractivity contribution in [3.8, 4) is 0 Å². The zero-order chi connectivity index (χ0) is 12.7. The van der Waals surface area contributed by atoms with E-state index < -0.39 is 33.7 Å². The van der Waals surface area contributed by atoms with Gasteiger partial charge in [-0.05, 0) is 12.1 Å². The van der Waals surface area contributed by atoms with Crippen LogP contribution in [0.5, 0.6) is 0 Å². The Kier molecular flexibility index (Phi) is 2.59. The smallest absolute Gasteiger partial charge is 0.341 e. The Labute approximate surface area is 97.4 Å². The number of carbonyl (C=O) groups is 1. The predicted molar refractivity (Wildman–Crippen MR) is 56.5 cm³/mol. The van der Waals surface area contributed by atoms with Crippen LogP contribution in [-0.2, 0) is 0 Å². The highest BCUT2D eigenvalue weighted by atomic mass is 35.5. The van der Waals surface area contributed by atoms with Crippen molar-refractivity contribution in [2.75, 3.05) is 0 Å². The number of hydrogen-bond donors (Lipinski definition) is 2. The van der Waals surface area contributed by atoms with Crippen molar-refractivity contribution in [3.05, 3.63) is 44.7 Å². The molecular formula is C10H4ClF2NO3. The van der Waals surface area contributed by atoms with Gasteiger partial charge in [0, 0.05) is 5.39 Å². The summed E-state index contributed by atoms with van der Waals surface area (Å²) in [6.07, 6.45) is 0. The first-order valence-electron chi connectivity index (χ1n) is 4.35. The first-order chi connectivity index (χ1) is 7.91. The first kappa shape index (κ1) is 11.5. The van der Waals surface area contributed by atoms with Gasteiger partial charge >= 0.3 is 5.97 Å². The molecule has 0 atom stereocenters. The Bertz CT molecular complexity index is 696. The molecule has 1 aromatic heterocycles. The second-order valence-corrected chi connectivity index (χ2v) is 3.65. The second kappa shape index (κ2) is 3.81. The van der Waals surface area contributed by atoms with E-state index in [4.69, 9.17) is 16.7 Å². The van der Waals surface area contributed by atoms with Crippen LogP contribution in [0.4, 0.5) is 8.78 Å². The molecule has 0 unspecified atom stereocenters. The fraction of sp³-hybridized carbons (Fsp3) is 0. The van der Waals surface area contributed by atoms with E-state index in [2.05, 4.69) is 4.98 Å². The number of aromatic carboxylic acids is 1. The monoisotopic (exact) mass is 259 g/mol. The number of benzene rings is 1. The van der Waals surface area contributed by atoms with Crippen LogP contribution in [0, 0.1) is 11.6 Å². The summed E-state index contributed by atoms with van der Waals surface area (Å²) in [4.78, 5) is 24.1. The molecule has 7 heteroatoms. The largest absolute Gasteiger partial charge is 0.477 e. The summed E-state index contributed by atoms with van der Waals surface area (Å²) in [7, 11) is 0. The van der Waals surface area contributed by atoms with Crippen molar-refractivity contribution < 1.29 is 18.7 Å². The molecule has 17 heavy (non-hydrogen) atoms. The lowest BCUT2D eigenvalue weighted by Crippen LogP contribution is -2.17. The van der Waals surface area contributed by atoms with Gasteiger partial charge in [0.1, 0.15) is 10.6 Å². The molecule has 0 bridgehead atoms. The standard InChI is InChI=1S/C10H4ClF2NO3/c11-6-7(13)5(12)2-3-1-4(10(16)17)9(15)14-8(3)6/h1-2H,(H,14,15)(H,16,17). The van der Waals surface area contributed by atoms with Crippen LogP contribution < -0.4 is 5.56 Å². The highest BCUT2D eigenvalue weighted by Gasteiger charge is 2.16. The van der Waals surface area contributed by atoms with Crippen LogP contribution in [0.3, 0.4) is 0 Å². The second-order valence-electron chi connectivity index (χ2n) is 3.27. The van der Waals surface area contributed by atoms with Crippen molar-refractivity contribution in [1.29, 1.82) is 0 Å². The third-order valence-corrected chi connectivity index (χ3v) is 2.56. The van der Waals surface area contributed by atoms with Crippen molar-refractivity contribution in [1.82, 2.24) is 4.98 Å². The van der Waals surface area contributed by atoms with E-state index in [0.29, 0.717) is 0 Å². The molecule has 0 aliphatic rings. The Balaban J connectivity index is 2.94. The molecule has 2 N–H and O–H groups in total.